The Kier molecular flexibility index (Phi) is 2.85. The second-order valence-corrected chi connectivity index (χ2v) is 5.12. The number of hydrogen-bond acceptors (Lipinski definition) is 3. The van der Waals surface area contributed by atoms with Crippen LogP contribution in [0.4, 0.5) is 5.69 Å². The number of fused-ring (bicyclic) bond motifs is 1. The van der Waals surface area contributed by atoms with Gasteiger partial charge in [0.05, 0.1) is 11.4 Å². The Morgan fingerprint density at radius 3 is 2.68 bits per heavy atom. The highest BCUT2D eigenvalue weighted by Gasteiger charge is 2.45. The largest absolute Gasteiger partial charge is 0.481 e. The fourth-order valence-electron chi connectivity index (χ4n) is 2.90. The van der Waals surface area contributed by atoms with E-state index in [9.17, 15) is 9.90 Å². The lowest BCUT2D eigenvalue weighted by Gasteiger charge is -2.23. The normalized spacial score (nSPS) is 20.1. The summed E-state index contributed by atoms with van der Waals surface area (Å²) < 4.78 is 0. The van der Waals surface area contributed by atoms with E-state index in [0.717, 1.165) is 24.1 Å². The summed E-state index contributed by atoms with van der Waals surface area (Å²) in [7, 11) is 0. The number of nitrogens with one attached hydrogen (secondary N) is 1. The first kappa shape index (κ1) is 12.0. The highest BCUT2D eigenvalue weighted by molar-refractivity contribution is 6.14. The van der Waals surface area contributed by atoms with E-state index in [2.05, 4.69) is 10.5 Å². The molecule has 3 rings (SSSR count). The molecule has 98 valence electrons. The van der Waals surface area contributed by atoms with Crippen molar-refractivity contribution in [2.45, 2.75) is 25.7 Å². The summed E-state index contributed by atoms with van der Waals surface area (Å²) >= 11 is 0. The zero-order valence-electron chi connectivity index (χ0n) is 10.6. The van der Waals surface area contributed by atoms with Crippen molar-refractivity contribution >= 4 is 23.4 Å². The van der Waals surface area contributed by atoms with Crippen LogP contribution in [0.15, 0.2) is 35.4 Å². The molecule has 0 aromatic heterocycles. The number of carboxylic acid groups (broad SMARTS) is 1. The Labute approximate surface area is 111 Å². The lowest BCUT2D eigenvalue weighted by atomic mass is 9.80. The number of benzene rings is 1. The number of rotatable bonds is 2. The predicted octanol–water partition coefficient (Wildman–Crippen LogP) is 3.13. The molecule has 2 aliphatic rings. The van der Waals surface area contributed by atoms with Crippen LogP contribution in [0.2, 0.25) is 0 Å². The summed E-state index contributed by atoms with van der Waals surface area (Å²) in [6.45, 7) is 0. The third-order valence-corrected chi connectivity index (χ3v) is 4.04. The number of hydrazone groups is 1. The first-order chi connectivity index (χ1) is 9.22. The minimum atomic E-state index is -0.814. The number of carboxylic acids is 1. The van der Waals surface area contributed by atoms with Crippen LogP contribution in [-0.4, -0.2) is 16.8 Å². The molecule has 19 heavy (non-hydrogen) atoms. The van der Waals surface area contributed by atoms with Gasteiger partial charge < -0.3 is 5.11 Å². The van der Waals surface area contributed by atoms with Crippen molar-refractivity contribution in [3.05, 3.63) is 35.9 Å². The van der Waals surface area contributed by atoms with Crippen LogP contribution >= 0.6 is 0 Å². The van der Waals surface area contributed by atoms with Crippen molar-refractivity contribution < 1.29 is 9.90 Å². The summed E-state index contributed by atoms with van der Waals surface area (Å²) in [5, 5.41) is 13.9. The van der Waals surface area contributed by atoms with E-state index in [1.807, 2.05) is 36.4 Å². The van der Waals surface area contributed by atoms with E-state index in [1.165, 1.54) is 0 Å². The Bertz CT molecular complexity index is 569. The Morgan fingerprint density at radius 2 is 1.95 bits per heavy atom. The van der Waals surface area contributed by atoms with Crippen LogP contribution in [0.25, 0.3) is 6.08 Å². The topological polar surface area (TPSA) is 61.7 Å². The standard InChI is InChI=1S/C15H16N2O2/c18-14(19)15(9-3-4-10-15)13-8-7-11-5-1-2-6-12(11)16-17-13/h1-2,5-8,16H,3-4,9-10H2,(H,18,19). The van der Waals surface area contributed by atoms with Crippen molar-refractivity contribution in [1.29, 1.82) is 0 Å². The third kappa shape index (κ3) is 1.93. The van der Waals surface area contributed by atoms with Crippen molar-refractivity contribution in [2.24, 2.45) is 10.5 Å². The minimum Gasteiger partial charge on any atom is -0.481 e. The van der Waals surface area contributed by atoms with Gasteiger partial charge in [0.1, 0.15) is 5.41 Å². The molecule has 0 radical (unpaired) electrons. The maximum Gasteiger partial charge on any atom is 0.315 e. The van der Waals surface area contributed by atoms with Crippen molar-refractivity contribution in [3.8, 4) is 0 Å². The molecule has 0 amide bonds. The number of aliphatic carboxylic acids is 1. The van der Waals surface area contributed by atoms with Gasteiger partial charge in [-0.05, 0) is 30.5 Å². The van der Waals surface area contributed by atoms with Crippen molar-refractivity contribution in [1.82, 2.24) is 0 Å². The zero-order chi connectivity index (χ0) is 13.3. The smallest absolute Gasteiger partial charge is 0.315 e. The molecule has 0 atom stereocenters. The molecule has 2 N–H and O–H groups in total. The maximum atomic E-state index is 11.7. The number of para-hydroxylation sites is 1. The quantitative estimate of drug-likeness (QED) is 0.854. The van der Waals surface area contributed by atoms with Gasteiger partial charge in [-0.3, -0.25) is 10.2 Å². The van der Waals surface area contributed by atoms with Crippen molar-refractivity contribution in [3.63, 3.8) is 0 Å². The highest BCUT2D eigenvalue weighted by atomic mass is 16.4. The molecule has 1 fully saturated rings. The zero-order valence-corrected chi connectivity index (χ0v) is 10.6. The van der Waals surface area contributed by atoms with Crippen LogP contribution in [0.5, 0.6) is 0 Å². The predicted molar refractivity (Wildman–Crippen MR) is 75.1 cm³/mol. The van der Waals surface area contributed by atoms with Gasteiger partial charge in [0.25, 0.3) is 0 Å². The summed E-state index contributed by atoms with van der Waals surface area (Å²) in [5.74, 6) is -0.763. The van der Waals surface area contributed by atoms with E-state index in [0.29, 0.717) is 18.6 Å². The van der Waals surface area contributed by atoms with E-state index in [4.69, 9.17) is 0 Å². The van der Waals surface area contributed by atoms with E-state index in [-0.39, 0.29) is 0 Å². The molecule has 0 unspecified atom stereocenters. The van der Waals surface area contributed by atoms with E-state index >= 15 is 0 Å². The molecule has 1 aromatic carbocycles. The Balaban J connectivity index is 1.99. The van der Waals surface area contributed by atoms with Crippen LogP contribution in [0.3, 0.4) is 0 Å². The number of carbonyl (C=O) groups is 1. The molecule has 1 aromatic rings. The molecule has 0 bridgehead atoms. The fourth-order valence-corrected chi connectivity index (χ4v) is 2.90. The summed E-state index contributed by atoms with van der Waals surface area (Å²) in [6.07, 6.45) is 7.03. The van der Waals surface area contributed by atoms with Crippen molar-refractivity contribution in [2.75, 3.05) is 5.43 Å². The van der Waals surface area contributed by atoms with Gasteiger partial charge in [-0.25, -0.2) is 0 Å². The van der Waals surface area contributed by atoms with E-state index in [1.54, 1.807) is 0 Å². The first-order valence-corrected chi connectivity index (χ1v) is 6.57. The van der Waals surface area contributed by atoms with Crippen LogP contribution in [0.1, 0.15) is 31.2 Å². The number of allylic oxidation sites excluding steroid dienone is 1. The van der Waals surface area contributed by atoms with Gasteiger partial charge in [-0.2, -0.15) is 5.10 Å². The highest BCUT2D eigenvalue weighted by Crippen LogP contribution is 2.41. The maximum absolute atomic E-state index is 11.7. The number of anilines is 1. The van der Waals surface area contributed by atoms with Crippen LogP contribution < -0.4 is 5.43 Å². The number of hydrogen-bond donors (Lipinski definition) is 2. The lowest BCUT2D eigenvalue weighted by Crippen LogP contribution is -2.36. The second kappa shape index (κ2) is 4.53. The van der Waals surface area contributed by atoms with Gasteiger partial charge in [-0.15, -0.1) is 0 Å². The number of nitrogens with zero attached hydrogens (tertiary/aromatic N) is 1. The van der Waals surface area contributed by atoms with Gasteiger partial charge >= 0.3 is 5.97 Å². The molecular formula is C15H16N2O2. The van der Waals surface area contributed by atoms with Gasteiger partial charge in [-0.1, -0.05) is 37.1 Å². The average molecular weight is 256 g/mol. The molecule has 4 nitrogen and oxygen atoms in total. The van der Waals surface area contributed by atoms with Gasteiger partial charge in [0.15, 0.2) is 0 Å². The molecular weight excluding hydrogens is 240 g/mol. The molecule has 1 aliphatic carbocycles. The fraction of sp³-hybridized carbons (Fsp3) is 0.333. The average Bonchev–Trinajstić information content (AvgIpc) is 2.81. The Morgan fingerprint density at radius 1 is 1.21 bits per heavy atom. The first-order valence-electron chi connectivity index (χ1n) is 6.57. The molecule has 4 heteroatoms. The molecule has 0 spiro atoms. The van der Waals surface area contributed by atoms with Crippen LogP contribution in [-0.2, 0) is 4.79 Å². The molecule has 0 saturated heterocycles. The SMILES string of the molecule is O=C(O)C1(C2=NNc3ccccc3C=C2)CCCC1. The summed E-state index contributed by atoms with van der Waals surface area (Å²) in [6, 6.07) is 7.81. The second-order valence-electron chi connectivity index (χ2n) is 5.12. The minimum absolute atomic E-state index is 0.633. The van der Waals surface area contributed by atoms with Gasteiger partial charge in [0, 0.05) is 0 Å². The summed E-state index contributed by atoms with van der Waals surface area (Å²) in [5.41, 5.74) is 4.75. The molecule has 1 heterocycles. The third-order valence-electron chi connectivity index (χ3n) is 4.04. The van der Waals surface area contributed by atoms with Gasteiger partial charge in [0.2, 0.25) is 0 Å². The van der Waals surface area contributed by atoms with E-state index < -0.39 is 11.4 Å². The Hall–Kier alpha value is -2.10. The molecule has 1 aliphatic heterocycles. The monoisotopic (exact) mass is 256 g/mol. The molecule has 1 saturated carbocycles. The van der Waals surface area contributed by atoms with Crippen LogP contribution in [0, 0.1) is 5.41 Å². The summed E-state index contributed by atoms with van der Waals surface area (Å²) in [4.78, 5) is 11.7. The lowest BCUT2D eigenvalue weighted by molar-refractivity contribution is -0.144.